The van der Waals surface area contributed by atoms with E-state index in [9.17, 15) is 9.59 Å². The van der Waals surface area contributed by atoms with Crippen LogP contribution in [-0.2, 0) is 0 Å². The van der Waals surface area contributed by atoms with E-state index in [1.165, 1.54) is 6.26 Å². The van der Waals surface area contributed by atoms with Gasteiger partial charge in [-0.05, 0) is 30.2 Å². The molecule has 3 aromatic rings. The van der Waals surface area contributed by atoms with Crippen LogP contribution >= 0.6 is 0 Å². The first kappa shape index (κ1) is 13.5. The highest BCUT2D eigenvalue weighted by Gasteiger charge is 2.39. The third kappa shape index (κ3) is 1.97. The van der Waals surface area contributed by atoms with Gasteiger partial charge in [-0.2, -0.15) is 0 Å². The molecule has 1 aromatic heterocycles. The van der Waals surface area contributed by atoms with Crippen LogP contribution in [0.15, 0.2) is 59.3 Å². The fraction of sp³-hybridized carbons (Fsp3) is 0.0556. The number of aryl methyl sites for hydroxylation is 1. The van der Waals surface area contributed by atoms with Crippen molar-refractivity contribution in [3.05, 3.63) is 71.5 Å². The average molecular weight is 304 g/mol. The van der Waals surface area contributed by atoms with E-state index in [2.05, 4.69) is 5.16 Å². The molecule has 2 amide bonds. The second kappa shape index (κ2) is 4.91. The van der Waals surface area contributed by atoms with Crippen molar-refractivity contribution in [3.63, 3.8) is 0 Å². The summed E-state index contributed by atoms with van der Waals surface area (Å²) in [5.41, 5.74) is 3.30. The summed E-state index contributed by atoms with van der Waals surface area (Å²) in [6, 6.07) is 15.0. The third-order valence-corrected chi connectivity index (χ3v) is 3.93. The minimum absolute atomic E-state index is 0.248. The number of anilines is 1. The molecule has 5 heteroatoms. The van der Waals surface area contributed by atoms with Gasteiger partial charge in [0.05, 0.1) is 11.1 Å². The molecule has 0 aliphatic carbocycles. The number of hydrogen-bond acceptors (Lipinski definition) is 4. The van der Waals surface area contributed by atoms with Crippen molar-refractivity contribution < 1.29 is 14.1 Å². The number of rotatable bonds is 2. The zero-order valence-electron chi connectivity index (χ0n) is 12.3. The highest BCUT2D eigenvalue weighted by atomic mass is 16.5. The molecular weight excluding hydrogens is 292 g/mol. The molecule has 1 aliphatic heterocycles. The van der Waals surface area contributed by atoms with Gasteiger partial charge < -0.3 is 4.52 Å². The Balaban J connectivity index is 1.81. The van der Waals surface area contributed by atoms with Crippen LogP contribution in [0, 0.1) is 6.92 Å². The molecule has 0 saturated carbocycles. The molecule has 1 aliphatic rings. The minimum atomic E-state index is -0.375. The Labute approximate surface area is 132 Å². The molecule has 0 saturated heterocycles. The summed E-state index contributed by atoms with van der Waals surface area (Å²) in [5, 5.41) is 3.77. The van der Waals surface area contributed by atoms with E-state index in [0.29, 0.717) is 16.7 Å². The summed E-state index contributed by atoms with van der Waals surface area (Å²) in [7, 11) is 0. The standard InChI is InChI=1S/C18H12N2O3/c1-11-10-23-19-16(11)20-17(21)14-8-7-13(9-15(14)18(20)22)12-5-3-2-4-6-12/h2-10H,1H3. The first-order chi connectivity index (χ1) is 11.2. The van der Waals surface area contributed by atoms with Gasteiger partial charge in [0, 0.05) is 5.56 Å². The highest BCUT2D eigenvalue weighted by Crippen LogP contribution is 2.32. The number of aromatic nitrogens is 1. The molecule has 2 heterocycles. The maximum atomic E-state index is 12.7. The minimum Gasteiger partial charge on any atom is -0.362 e. The predicted octanol–water partition coefficient (Wildman–Crippen LogP) is 3.45. The maximum absolute atomic E-state index is 12.7. The van der Waals surface area contributed by atoms with Gasteiger partial charge in [-0.25, -0.2) is 4.90 Å². The Morgan fingerprint density at radius 3 is 2.35 bits per heavy atom. The van der Waals surface area contributed by atoms with Crippen LogP contribution in [0.1, 0.15) is 26.3 Å². The molecule has 0 atom stereocenters. The normalized spacial score (nSPS) is 13.5. The quantitative estimate of drug-likeness (QED) is 0.680. The number of carbonyl (C=O) groups is 2. The fourth-order valence-corrected chi connectivity index (χ4v) is 2.74. The molecule has 2 aromatic carbocycles. The van der Waals surface area contributed by atoms with Gasteiger partial charge in [0.25, 0.3) is 11.8 Å². The van der Waals surface area contributed by atoms with Crippen LogP contribution < -0.4 is 4.90 Å². The largest absolute Gasteiger partial charge is 0.362 e. The van der Waals surface area contributed by atoms with Gasteiger partial charge in [-0.3, -0.25) is 9.59 Å². The number of fused-ring (bicyclic) bond motifs is 1. The topological polar surface area (TPSA) is 63.4 Å². The monoisotopic (exact) mass is 304 g/mol. The SMILES string of the molecule is Cc1conc1N1C(=O)c2ccc(-c3ccccc3)cc2C1=O. The summed E-state index contributed by atoms with van der Waals surface area (Å²) in [6.45, 7) is 1.74. The number of amides is 2. The van der Waals surface area contributed by atoms with Gasteiger partial charge in [-0.1, -0.05) is 41.6 Å². The van der Waals surface area contributed by atoms with E-state index in [0.717, 1.165) is 16.0 Å². The molecule has 0 spiro atoms. The predicted molar refractivity (Wildman–Crippen MR) is 84.3 cm³/mol. The summed E-state index contributed by atoms with van der Waals surface area (Å²) in [6.07, 6.45) is 1.41. The van der Waals surface area contributed by atoms with E-state index < -0.39 is 0 Å². The molecule has 112 valence electrons. The molecule has 4 rings (SSSR count). The maximum Gasteiger partial charge on any atom is 0.267 e. The van der Waals surface area contributed by atoms with Crippen molar-refractivity contribution in [2.45, 2.75) is 6.92 Å². The molecule has 5 nitrogen and oxygen atoms in total. The van der Waals surface area contributed by atoms with Crippen molar-refractivity contribution in [3.8, 4) is 11.1 Å². The van der Waals surface area contributed by atoms with Crippen molar-refractivity contribution in [2.75, 3.05) is 4.90 Å². The molecule has 0 radical (unpaired) electrons. The van der Waals surface area contributed by atoms with Crippen LogP contribution in [0.5, 0.6) is 0 Å². The summed E-state index contributed by atoms with van der Waals surface area (Å²) in [5.74, 6) is -0.501. The second-order valence-electron chi connectivity index (χ2n) is 5.39. The number of carbonyl (C=O) groups excluding carboxylic acids is 2. The lowest BCUT2D eigenvalue weighted by molar-refractivity contribution is 0.0923. The average Bonchev–Trinajstić information content (AvgIpc) is 3.10. The molecule has 23 heavy (non-hydrogen) atoms. The Kier molecular flexibility index (Phi) is 2.87. The molecule has 0 N–H and O–H groups in total. The van der Waals surface area contributed by atoms with E-state index >= 15 is 0 Å². The number of hydrogen-bond donors (Lipinski definition) is 0. The zero-order valence-corrected chi connectivity index (χ0v) is 12.3. The van der Waals surface area contributed by atoms with Crippen molar-refractivity contribution >= 4 is 17.6 Å². The summed E-state index contributed by atoms with van der Waals surface area (Å²) >= 11 is 0. The summed E-state index contributed by atoms with van der Waals surface area (Å²) < 4.78 is 4.85. The number of nitrogens with zero attached hydrogens (tertiary/aromatic N) is 2. The van der Waals surface area contributed by atoms with E-state index in [1.807, 2.05) is 36.4 Å². The Bertz CT molecular complexity index is 928. The first-order valence-electron chi connectivity index (χ1n) is 7.16. The van der Waals surface area contributed by atoms with Gasteiger partial charge >= 0.3 is 0 Å². The molecule has 0 bridgehead atoms. The fourth-order valence-electron chi connectivity index (χ4n) is 2.74. The van der Waals surface area contributed by atoms with E-state index in [1.54, 1.807) is 19.1 Å². The van der Waals surface area contributed by atoms with Crippen LogP contribution in [0.25, 0.3) is 11.1 Å². The van der Waals surface area contributed by atoms with Crippen LogP contribution in [0.3, 0.4) is 0 Å². The number of benzene rings is 2. The lowest BCUT2D eigenvalue weighted by Gasteiger charge is -2.09. The zero-order chi connectivity index (χ0) is 16.0. The van der Waals surface area contributed by atoms with Crippen LogP contribution in [-0.4, -0.2) is 17.0 Å². The molecule has 0 fully saturated rings. The van der Waals surface area contributed by atoms with Crippen molar-refractivity contribution in [1.29, 1.82) is 0 Å². The lowest BCUT2D eigenvalue weighted by Crippen LogP contribution is -2.30. The first-order valence-corrected chi connectivity index (χ1v) is 7.16. The third-order valence-electron chi connectivity index (χ3n) is 3.93. The highest BCUT2D eigenvalue weighted by molar-refractivity contribution is 6.34. The Hall–Kier alpha value is -3.21. The summed E-state index contributed by atoms with van der Waals surface area (Å²) in [4.78, 5) is 26.3. The Morgan fingerprint density at radius 1 is 0.913 bits per heavy atom. The lowest BCUT2D eigenvalue weighted by atomic mass is 10.0. The van der Waals surface area contributed by atoms with E-state index in [4.69, 9.17) is 4.52 Å². The second-order valence-corrected chi connectivity index (χ2v) is 5.39. The van der Waals surface area contributed by atoms with Crippen LogP contribution in [0.2, 0.25) is 0 Å². The Morgan fingerprint density at radius 2 is 1.65 bits per heavy atom. The molecule has 0 unspecified atom stereocenters. The van der Waals surface area contributed by atoms with Crippen molar-refractivity contribution in [1.82, 2.24) is 5.16 Å². The van der Waals surface area contributed by atoms with Gasteiger partial charge in [0.2, 0.25) is 0 Å². The van der Waals surface area contributed by atoms with Crippen LogP contribution in [0.4, 0.5) is 5.82 Å². The van der Waals surface area contributed by atoms with Gasteiger partial charge in [0.15, 0.2) is 5.82 Å². The molecular formula is C18H12N2O3. The number of imide groups is 1. The van der Waals surface area contributed by atoms with E-state index in [-0.39, 0.29) is 17.6 Å². The van der Waals surface area contributed by atoms with Crippen molar-refractivity contribution in [2.24, 2.45) is 0 Å². The van der Waals surface area contributed by atoms with Gasteiger partial charge in [0.1, 0.15) is 6.26 Å². The smallest absolute Gasteiger partial charge is 0.267 e. The van der Waals surface area contributed by atoms with Gasteiger partial charge in [-0.15, -0.1) is 0 Å².